The second-order valence-corrected chi connectivity index (χ2v) is 10.9. The van der Waals surface area contributed by atoms with E-state index in [9.17, 15) is 18.9 Å². The maximum atomic E-state index is 9.66. The third kappa shape index (κ3) is 48.0. The predicted molar refractivity (Wildman–Crippen MR) is 70.7 cm³/mol. The van der Waals surface area contributed by atoms with E-state index < -0.39 is 14.7 Å². The van der Waals surface area contributed by atoms with Gasteiger partial charge in [0.05, 0.1) is 0 Å². The molecule has 0 heterocycles. The first-order chi connectivity index (χ1) is 7.39. The van der Waals surface area contributed by atoms with Crippen LogP contribution < -0.4 is 13.1 Å². The van der Waals surface area contributed by atoms with Crippen LogP contribution in [0.5, 0.6) is 0 Å². The van der Waals surface area contributed by atoms with Gasteiger partial charge in [0, 0.05) is 14.7 Å². The van der Waals surface area contributed by atoms with Crippen LogP contribution in [-0.4, -0.2) is 51.4 Å². The Morgan fingerprint density at radius 2 is 1.12 bits per heavy atom. The van der Waals surface area contributed by atoms with Crippen LogP contribution in [0.4, 0.5) is 0 Å². The zero-order valence-corrected chi connectivity index (χ0v) is 15.6. The number of hydrogen-bond donors (Lipinski definition) is 0. The van der Waals surface area contributed by atoms with Gasteiger partial charge in [-0.2, -0.15) is 0 Å². The fourth-order valence-corrected chi connectivity index (χ4v) is 1.10. The molecule has 1 rings (SSSR count). The summed E-state index contributed by atoms with van der Waals surface area (Å²) in [7, 11) is -5.78. The van der Waals surface area contributed by atoms with Crippen molar-refractivity contribution in [2.24, 2.45) is 0 Å². The fraction of sp³-hybridized carbons (Fsp3) is 0.400. The number of benzene rings is 1. The standard InChI is InChI=1S/C6H5.2C2H7O2P.Bi/c1-2-4-6-5-3-1;2*1-5(2,3)4;/h1-5H;2*1-2H3,(H,3,4);/q;;;+2/p-2. The summed E-state index contributed by atoms with van der Waals surface area (Å²) in [6.07, 6.45) is 0. The average Bonchev–Trinajstić information content (AvgIpc) is 1.98. The normalized spacial score (nSPS) is 10.5. The second kappa shape index (κ2) is 9.42. The summed E-state index contributed by atoms with van der Waals surface area (Å²) in [5.41, 5.74) is 0. The monoisotopic (exact) mass is 472 g/mol. The summed E-state index contributed by atoms with van der Waals surface area (Å²) < 4.78 is 20.8. The Labute approximate surface area is 118 Å². The molecule has 1 aromatic carbocycles. The van der Waals surface area contributed by atoms with E-state index in [0.29, 0.717) is 0 Å². The first kappa shape index (κ1) is 19.8. The van der Waals surface area contributed by atoms with Gasteiger partial charge < -0.3 is 18.9 Å². The van der Waals surface area contributed by atoms with Gasteiger partial charge >= 0.3 is 58.3 Å². The minimum atomic E-state index is -2.89. The Kier molecular flexibility index (Phi) is 11.0. The van der Waals surface area contributed by atoms with Gasteiger partial charge in [0.1, 0.15) is 0 Å². The molecule has 0 bridgehead atoms. The molecule has 2 radical (unpaired) electrons. The van der Waals surface area contributed by atoms with Crippen molar-refractivity contribution in [2.75, 3.05) is 26.7 Å². The van der Waals surface area contributed by atoms with E-state index >= 15 is 0 Å². The fourth-order valence-electron chi connectivity index (χ4n) is 0.428. The molecule has 0 saturated heterocycles. The molecular formula is C10H17BiO4P2. The molecule has 0 saturated carbocycles. The van der Waals surface area contributed by atoms with Crippen molar-refractivity contribution >= 4 is 42.7 Å². The number of rotatable bonds is 0. The zero-order valence-electron chi connectivity index (χ0n) is 10.4. The average molecular weight is 472 g/mol. The van der Waals surface area contributed by atoms with Crippen molar-refractivity contribution in [3.63, 3.8) is 0 Å². The molecule has 0 unspecified atom stereocenters. The first-order valence-electron chi connectivity index (χ1n) is 4.65. The van der Waals surface area contributed by atoms with Crippen LogP contribution >= 0.6 is 14.7 Å². The molecule has 0 aliphatic heterocycles. The molecule has 0 spiro atoms. The molecule has 7 heteroatoms. The molecule has 0 aliphatic carbocycles. The molecule has 0 amide bonds. The van der Waals surface area contributed by atoms with Crippen LogP contribution in [0, 0.1) is 0 Å². The van der Waals surface area contributed by atoms with Gasteiger partial charge in [-0.05, 0) is 26.7 Å². The molecular weight excluding hydrogens is 455 g/mol. The van der Waals surface area contributed by atoms with Crippen LogP contribution in [0.25, 0.3) is 0 Å². The van der Waals surface area contributed by atoms with Crippen LogP contribution in [-0.2, 0) is 9.13 Å². The van der Waals surface area contributed by atoms with E-state index in [0.717, 1.165) is 0 Å². The molecule has 0 aliphatic rings. The Hall–Kier alpha value is 0.483. The van der Waals surface area contributed by atoms with E-state index in [-0.39, 0.29) is 0 Å². The van der Waals surface area contributed by atoms with E-state index in [4.69, 9.17) is 0 Å². The Morgan fingerprint density at radius 3 is 1.24 bits per heavy atom. The van der Waals surface area contributed by atoms with Gasteiger partial charge in [-0.15, -0.1) is 0 Å². The Bertz CT molecular complexity index is 346. The Balaban J connectivity index is 0. The summed E-state index contributed by atoms with van der Waals surface area (Å²) in [5, 5.41) is 0. The van der Waals surface area contributed by atoms with Gasteiger partial charge in [-0.25, -0.2) is 0 Å². The summed E-state index contributed by atoms with van der Waals surface area (Å²) in [6.45, 7) is 4.75. The van der Waals surface area contributed by atoms with Crippen molar-refractivity contribution in [2.45, 2.75) is 0 Å². The number of hydrogen-bond acceptors (Lipinski definition) is 4. The van der Waals surface area contributed by atoms with Crippen LogP contribution in [0.1, 0.15) is 0 Å². The second-order valence-electron chi connectivity index (χ2n) is 3.84. The molecule has 17 heavy (non-hydrogen) atoms. The van der Waals surface area contributed by atoms with Crippen molar-refractivity contribution < 1.29 is 18.9 Å². The van der Waals surface area contributed by atoms with Crippen LogP contribution in [0.2, 0.25) is 0 Å². The van der Waals surface area contributed by atoms with Gasteiger partial charge in [0.2, 0.25) is 0 Å². The minimum absolute atomic E-state index is 1.19. The summed E-state index contributed by atoms with van der Waals surface area (Å²) >= 11 is 1.36. The van der Waals surface area contributed by atoms with E-state index in [2.05, 4.69) is 24.3 Å². The van der Waals surface area contributed by atoms with Crippen molar-refractivity contribution in [3.05, 3.63) is 30.3 Å². The van der Waals surface area contributed by atoms with Crippen molar-refractivity contribution in [1.29, 1.82) is 0 Å². The summed E-state index contributed by atoms with van der Waals surface area (Å²) in [6, 6.07) is 10.4. The summed E-state index contributed by atoms with van der Waals surface area (Å²) in [5.74, 6) is 0. The molecule has 0 N–H and O–H groups in total. The molecule has 1 aromatic rings. The molecule has 0 aromatic heterocycles. The molecule has 96 valence electrons. The molecule has 0 atom stereocenters. The molecule has 4 nitrogen and oxygen atoms in total. The zero-order chi connectivity index (χ0) is 14.1. The quantitative estimate of drug-likeness (QED) is 0.401. The first-order valence-corrected chi connectivity index (χ1v) is 11.4. The van der Waals surface area contributed by atoms with Gasteiger partial charge in [0.15, 0.2) is 0 Å². The third-order valence-corrected chi connectivity index (χ3v) is 1.92. The Morgan fingerprint density at radius 1 is 0.882 bits per heavy atom. The van der Waals surface area contributed by atoms with E-state index in [1.807, 2.05) is 6.07 Å². The van der Waals surface area contributed by atoms with E-state index in [1.54, 1.807) is 0 Å². The van der Waals surface area contributed by atoms with Crippen LogP contribution in [0.3, 0.4) is 0 Å². The topological polar surface area (TPSA) is 80.3 Å². The van der Waals surface area contributed by atoms with Crippen molar-refractivity contribution in [3.8, 4) is 0 Å². The SMILES string of the molecule is CP(C)(=O)[O-].CP(C)(=O)[O-].[Bi+2][c]1ccccc1. The third-order valence-electron chi connectivity index (χ3n) is 0.756. The van der Waals surface area contributed by atoms with E-state index in [1.165, 1.54) is 54.6 Å². The predicted octanol–water partition coefficient (Wildman–Crippen LogP) is 0.249. The van der Waals surface area contributed by atoms with Crippen molar-refractivity contribution in [1.82, 2.24) is 0 Å². The van der Waals surface area contributed by atoms with Gasteiger partial charge in [-0.1, -0.05) is 0 Å². The molecule has 0 fully saturated rings. The van der Waals surface area contributed by atoms with Gasteiger partial charge in [-0.3, -0.25) is 0 Å². The maximum absolute atomic E-state index is 9.66. The summed E-state index contributed by atoms with van der Waals surface area (Å²) in [4.78, 5) is 19.3. The van der Waals surface area contributed by atoms with Gasteiger partial charge in [0.25, 0.3) is 0 Å². The van der Waals surface area contributed by atoms with Crippen LogP contribution in [0.15, 0.2) is 30.3 Å².